The van der Waals surface area contributed by atoms with Gasteiger partial charge in [0.15, 0.2) is 6.10 Å². The smallest absolute Gasteiger partial charge is 0.412 e. The van der Waals surface area contributed by atoms with Gasteiger partial charge in [0.05, 0.1) is 5.69 Å². The van der Waals surface area contributed by atoms with Gasteiger partial charge in [0, 0.05) is 0 Å². The van der Waals surface area contributed by atoms with Gasteiger partial charge in [-0.2, -0.15) is 5.26 Å². The number of hydrogen-bond acceptors (Lipinski definition) is 4. The second-order valence-electron chi connectivity index (χ2n) is 4.57. The van der Waals surface area contributed by atoms with Gasteiger partial charge in [0.25, 0.3) is 0 Å². The summed E-state index contributed by atoms with van der Waals surface area (Å²) in [5, 5.41) is 11.4. The van der Waals surface area contributed by atoms with Gasteiger partial charge in [-0.3, -0.25) is 5.32 Å². The van der Waals surface area contributed by atoms with Crippen LogP contribution in [0.15, 0.2) is 54.6 Å². The van der Waals surface area contributed by atoms with E-state index in [1.54, 1.807) is 31.2 Å². The summed E-state index contributed by atoms with van der Waals surface area (Å²) in [5.41, 5.74) is 1.36. The van der Waals surface area contributed by atoms with Crippen LogP contribution in [0.2, 0.25) is 0 Å². The molecule has 0 fully saturated rings. The quantitative estimate of drug-likeness (QED) is 0.912. The number of amides is 1. The lowest BCUT2D eigenvalue weighted by atomic mass is 10.2. The standard InChI is InChI=1S/C17H16N2O3/c1-13(11-18)22-16-10-6-5-9-15(16)19-17(20)21-12-14-7-3-2-4-8-14/h2-10,13H,12H2,1H3,(H,19,20). The summed E-state index contributed by atoms with van der Waals surface area (Å²) in [6, 6.07) is 18.3. The van der Waals surface area contributed by atoms with E-state index in [4.69, 9.17) is 14.7 Å². The van der Waals surface area contributed by atoms with Crippen molar-refractivity contribution in [3.05, 3.63) is 60.2 Å². The Balaban J connectivity index is 1.95. The van der Waals surface area contributed by atoms with E-state index in [2.05, 4.69) is 5.32 Å². The summed E-state index contributed by atoms with van der Waals surface area (Å²) < 4.78 is 10.6. The lowest BCUT2D eigenvalue weighted by Gasteiger charge is -2.13. The van der Waals surface area contributed by atoms with E-state index < -0.39 is 12.2 Å². The number of anilines is 1. The molecule has 0 saturated carbocycles. The van der Waals surface area contributed by atoms with Crippen LogP contribution in [0, 0.1) is 11.3 Å². The summed E-state index contributed by atoms with van der Waals surface area (Å²) in [4.78, 5) is 11.8. The number of ether oxygens (including phenoxy) is 2. The third-order valence-corrected chi connectivity index (χ3v) is 2.82. The molecule has 1 N–H and O–H groups in total. The molecule has 0 spiro atoms. The SMILES string of the molecule is CC(C#N)Oc1ccccc1NC(=O)OCc1ccccc1. The van der Waals surface area contributed by atoms with Crippen molar-refractivity contribution < 1.29 is 14.3 Å². The van der Waals surface area contributed by atoms with E-state index in [-0.39, 0.29) is 6.61 Å². The fraction of sp³-hybridized carbons (Fsp3) is 0.176. The number of hydrogen-bond donors (Lipinski definition) is 1. The van der Waals surface area contributed by atoms with Crippen molar-refractivity contribution in [2.24, 2.45) is 0 Å². The average molecular weight is 296 g/mol. The van der Waals surface area contributed by atoms with Gasteiger partial charge in [-0.15, -0.1) is 0 Å². The van der Waals surface area contributed by atoms with E-state index in [1.807, 2.05) is 36.4 Å². The molecule has 0 aromatic heterocycles. The molecular formula is C17H16N2O3. The molecule has 1 atom stereocenters. The Morgan fingerprint density at radius 2 is 1.86 bits per heavy atom. The Kier molecular flexibility index (Phi) is 5.38. The lowest BCUT2D eigenvalue weighted by Crippen LogP contribution is -2.16. The van der Waals surface area contributed by atoms with E-state index in [1.165, 1.54) is 0 Å². The molecule has 0 heterocycles. The van der Waals surface area contributed by atoms with Gasteiger partial charge >= 0.3 is 6.09 Å². The minimum atomic E-state index is -0.608. The third kappa shape index (κ3) is 4.53. The van der Waals surface area contributed by atoms with Crippen LogP contribution in [0.25, 0.3) is 0 Å². The topological polar surface area (TPSA) is 71.3 Å². The van der Waals surface area contributed by atoms with Crippen molar-refractivity contribution in [1.82, 2.24) is 0 Å². The first-order chi connectivity index (χ1) is 10.7. The lowest BCUT2D eigenvalue weighted by molar-refractivity contribution is 0.155. The Morgan fingerprint density at radius 3 is 2.59 bits per heavy atom. The van der Waals surface area contributed by atoms with Gasteiger partial charge in [-0.25, -0.2) is 4.79 Å². The zero-order chi connectivity index (χ0) is 15.8. The highest BCUT2D eigenvalue weighted by molar-refractivity contribution is 5.86. The molecule has 2 rings (SSSR count). The largest absolute Gasteiger partial charge is 0.474 e. The van der Waals surface area contributed by atoms with Gasteiger partial charge < -0.3 is 9.47 Å². The van der Waals surface area contributed by atoms with Gasteiger partial charge in [0.1, 0.15) is 18.4 Å². The molecule has 0 aliphatic heterocycles. The number of carbonyl (C=O) groups is 1. The van der Waals surface area contributed by atoms with Crippen LogP contribution in [0.1, 0.15) is 12.5 Å². The molecule has 0 aliphatic carbocycles. The fourth-order valence-electron chi connectivity index (χ4n) is 1.76. The molecule has 2 aromatic rings. The number of rotatable bonds is 5. The Bertz CT molecular complexity index is 665. The van der Waals surface area contributed by atoms with Crippen LogP contribution in [0.5, 0.6) is 5.75 Å². The number of nitriles is 1. The predicted molar refractivity (Wildman–Crippen MR) is 82.4 cm³/mol. The van der Waals surface area contributed by atoms with Crippen molar-refractivity contribution >= 4 is 11.8 Å². The molecule has 5 heteroatoms. The second kappa shape index (κ2) is 7.70. The van der Waals surface area contributed by atoms with Crippen LogP contribution in [0.4, 0.5) is 10.5 Å². The molecule has 1 amide bonds. The Morgan fingerprint density at radius 1 is 1.18 bits per heavy atom. The number of carbonyl (C=O) groups excluding carboxylic acids is 1. The summed E-state index contributed by atoms with van der Waals surface area (Å²) in [6.45, 7) is 1.81. The molecule has 5 nitrogen and oxygen atoms in total. The van der Waals surface area contributed by atoms with Crippen molar-refractivity contribution in [3.8, 4) is 11.8 Å². The molecule has 112 valence electrons. The number of benzene rings is 2. The first-order valence-electron chi connectivity index (χ1n) is 6.82. The summed E-state index contributed by atoms with van der Waals surface area (Å²) >= 11 is 0. The van der Waals surface area contributed by atoms with Gasteiger partial charge in [-0.1, -0.05) is 42.5 Å². The maximum Gasteiger partial charge on any atom is 0.412 e. The maximum absolute atomic E-state index is 11.8. The fourth-order valence-corrected chi connectivity index (χ4v) is 1.76. The molecule has 0 saturated heterocycles. The van der Waals surface area contributed by atoms with E-state index in [0.29, 0.717) is 11.4 Å². The zero-order valence-electron chi connectivity index (χ0n) is 12.2. The van der Waals surface area contributed by atoms with E-state index in [0.717, 1.165) is 5.56 Å². The van der Waals surface area contributed by atoms with Crippen molar-refractivity contribution in [3.63, 3.8) is 0 Å². The predicted octanol–water partition coefficient (Wildman–Crippen LogP) is 3.73. The van der Waals surface area contributed by atoms with Gasteiger partial charge in [-0.05, 0) is 24.6 Å². The minimum absolute atomic E-state index is 0.185. The van der Waals surface area contributed by atoms with Crippen molar-refractivity contribution in [1.29, 1.82) is 5.26 Å². The molecular weight excluding hydrogens is 280 g/mol. The molecule has 2 aromatic carbocycles. The van der Waals surface area contributed by atoms with Crippen LogP contribution >= 0.6 is 0 Å². The number of nitrogens with zero attached hydrogens (tertiary/aromatic N) is 1. The maximum atomic E-state index is 11.8. The van der Waals surface area contributed by atoms with Crippen LogP contribution in [0.3, 0.4) is 0 Å². The number of nitrogens with one attached hydrogen (secondary N) is 1. The molecule has 22 heavy (non-hydrogen) atoms. The Hall–Kier alpha value is -3.00. The molecule has 1 unspecified atom stereocenters. The van der Waals surface area contributed by atoms with Crippen LogP contribution in [-0.4, -0.2) is 12.2 Å². The average Bonchev–Trinajstić information content (AvgIpc) is 2.55. The van der Waals surface area contributed by atoms with Crippen LogP contribution in [-0.2, 0) is 11.3 Å². The van der Waals surface area contributed by atoms with Gasteiger partial charge in [0.2, 0.25) is 0 Å². The summed E-state index contributed by atoms with van der Waals surface area (Å²) in [5.74, 6) is 0.424. The highest BCUT2D eigenvalue weighted by Crippen LogP contribution is 2.25. The first-order valence-corrected chi connectivity index (χ1v) is 6.82. The monoisotopic (exact) mass is 296 g/mol. The van der Waals surface area contributed by atoms with Crippen LogP contribution < -0.4 is 10.1 Å². The molecule has 0 aliphatic rings. The Labute approximate surface area is 129 Å². The molecule has 0 bridgehead atoms. The number of para-hydroxylation sites is 2. The van der Waals surface area contributed by atoms with Crippen molar-refractivity contribution in [2.75, 3.05) is 5.32 Å². The normalized spacial score (nSPS) is 11.1. The van der Waals surface area contributed by atoms with Crippen molar-refractivity contribution in [2.45, 2.75) is 19.6 Å². The second-order valence-corrected chi connectivity index (χ2v) is 4.57. The minimum Gasteiger partial charge on any atom is -0.474 e. The summed E-state index contributed by atoms with van der Waals surface area (Å²) in [7, 11) is 0. The highest BCUT2D eigenvalue weighted by atomic mass is 16.5. The first kappa shape index (κ1) is 15.4. The third-order valence-electron chi connectivity index (χ3n) is 2.82. The van der Waals surface area contributed by atoms with E-state index >= 15 is 0 Å². The van der Waals surface area contributed by atoms with E-state index in [9.17, 15) is 4.79 Å². The summed E-state index contributed by atoms with van der Waals surface area (Å²) in [6.07, 6.45) is -1.19. The zero-order valence-corrected chi connectivity index (χ0v) is 12.2. The molecule has 0 radical (unpaired) electrons. The highest BCUT2D eigenvalue weighted by Gasteiger charge is 2.10.